The van der Waals surface area contributed by atoms with Gasteiger partial charge in [0.25, 0.3) is 0 Å². The second-order valence-corrected chi connectivity index (χ2v) is 20.2. The number of hydrogen-bond donors (Lipinski definition) is 0. The minimum Gasteiger partial charge on any atom is -0.456 e. The summed E-state index contributed by atoms with van der Waals surface area (Å²) in [5.74, 6) is 1.77. The molecule has 0 unspecified atom stereocenters. The van der Waals surface area contributed by atoms with E-state index in [1.54, 1.807) is 0 Å². The van der Waals surface area contributed by atoms with Gasteiger partial charge in [0.15, 0.2) is 17.5 Å². The maximum atomic E-state index is 6.24. The first-order chi connectivity index (χ1) is 36.7. The molecule has 344 valence electrons. The quantitative estimate of drug-likeness (QED) is 0.167. The number of benzene rings is 11. The van der Waals surface area contributed by atoms with Crippen molar-refractivity contribution in [3.8, 4) is 56.7 Å². The largest absolute Gasteiger partial charge is 0.456 e. The van der Waals surface area contributed by atoms with Crippen molar-refractivity contribution in [1.82, 2.24) is 24.1 Å². The summed E-state index contributed by atoms with van der Waals surface area (Å²) in [6, 6.07) is 84.5. The van der Waals surface area contributed by atoms with Crippen LogP contribution in [0.25, 0.3) is 153 Å². The third-order valence-electron chi connectivity index (χ3n) is 15.0. The third kappa shape index (κ3) is 6.20. The summed E-state index contributed by atoms with van der Waals surface area (Å²) in [4.78, 5) is 15.7. The maximum Gasteiger partial charge on any atom is 0.164 e. The molecule has 0 aliphatic heterocycles. The highest BCUT2D eigenvalue weighted by atomic mass is 32.1. The van der Waals surface area contributed by atoms with Crippen LogP contribution >= 0.6 is 11.3 Å². The van der Waals surface area contributed by atoms with Crippen molar-refractivity contribution < 1.29 is 4.42 Å². The van der Waals surface area contributed by atoms with E-state index in [0.717, 1.165) is 66.6 Å². The summed E-state index contributed by atoms with van der Waals surface area (Å²) in [5.41, 5.74) is 13.6. The highest BCUT2D eigenvalue weighted by Crippen LogP contribution is 2.44. The molecule has 0 N–H and O–H groups in total. The van der Waals surface area contributed by atoms with Crippen LogP contribution < -0.4 is 0 Å². The van der Waals surface area contributed by atoms with E-state index in [-0.39, 0.29) is 0 Å². The van der Waals surface area contributed by atoms with Crippen molar-refractivity contribution in [1.29, 1.82) is 0 Å². The predicted molar refractivity (Wildman–Crippen MR) is 308 cm³/mol. The molecular weight excluding hydrogens is 923 g/mol. The lowest BCUT2D eigenvalue weighted by molar-refractivity contribution is 0.669. The van der Waals surface area contributed by atoms with Gasteiger partial charge < -0.3 is 13.6 Å². The number of furan rings is 1. The standard InChI is InChI=1S/C67H39N5OS/c1-2-13-47-40(12-1)28-35-53-55-38-43(48-18-11-19-54-52-17-6-10-23-62(52)74-64(48)54)29-36-59(55)72(63(47)53)46-33-26-42(27-34-46)66-68-65(69-67(70-66)44-30-37-61-56(39-44)51-16-5-9-22-60(51)73-61)41-24-31-45(32-25-41)71-57-20-7-3-14-49(57)50-15-4-8-21-58(50)71/h1-39H. The van der Waals surface area contributed by atoms with Crippen LogP contribution in [-0.4, -0.2) is 24.1 Å². The summed E-state index contributed by atoms with van der Waals surface area (Å²) in [6.45, 7) is 0. The topological polar surface area (TPSA) is 61.7 Å². The van der Waals surface area contributed by atoms with E-state index in [4.69, 9.17) is 19.4 Å². The van der Waals surface area contributed by atoms with E-state index in [9.17, 15) is 0 Å². The van der Waals surface area contributed by atoms with Gasteiger partial charge in [-0.2, -0.15) is 0 Å². The zero-order valence-electron chi connectivity index (χ0n) is 39.6. The van der Waals surface area contributed by atoms with Gasteiger partial charge in [-0.3, -0.25) is 0 Å². The van der Waals surface area contributed by atoms with Crippen molar-refractivity contribution in [2.45, 2.75) is 0 Å². The molecule has 7 heteroatoms. The molecule has 0 saturated heterocycles. The Balaban J connectivity index is 0.842. The zero-order valence-corrected chi connectivity index (χ0v) is 40.4. The molecule has 0 fully saturated rings. The van der Waals surface area contributed by atoms with E-state index >= 15 is 0 Å². The molecule has 0 spiro atoms. The summed E-state index contributed by atoms with van der Waals surface area (Å²) < 4.78 is 13.6. The Hall–Kier alpha value is -9.69. The molecule has 11 aromatic carbocycles. The van der Waals surface area contributed by atoms with E-state index in [1.807, 2.05) is 41.7 Å². The Morgan fingerprint density at radius 1 is 0.324 bits per heavy atom. The molecular formula is C67H39N5OS. The van der Waals surface area contributed by atoms with Crippen molar-refractivity contribution >= 4 is 108 Å². The van der Waals surface area contributed by atoms with Gasteiger partial charge in [0.1, 0.15) is 11.2 Å². The van der Waals surface area contributed by atoms with Crippen LogP contribution in [0.2, 0.25) is 0 Å². The number of hydrogen-bond acceptors (Lipinski definition) is 5. The van der Waals surface area contributed by atoms with Crippen molar-refractivity contribution in [2.24, 2.45) is 0 Å². The highest BCUT2D eigenvalue weighted by molar-refractivity contribution is 7.26. The minimum absolute atomic E-state index is 0.587. The number of aromatic nitrogens is 5. The summed E-state index contributed by atoms with van der Waals surface area (Å²) in [5, 5.41) is 12.0. The highest BCUT2D eigenvalue weighted by Gasteiger charge is 2.20. The van der Waals surface area contributed by atoms with Gasteiger partial charge in [-0.1, -0.05) is 133 Å². The Bertz CT molecular complexity index is 4910. The first kappa shape index (κ1) is 41.0. The number of rotatable bonds is 6. The molecule has 5 aromatic heterocycles. The summed E-state index contributed by atoms with van der Waals surface area (Å²) >= 11 is 1.87. The lowest BCUT2D eigenvalue weighted by Gasteiger charge is -2.12. The summed E-state index contributed by atoms with van der Waals surface area (Å²) in [6.07, 6.45) is 0. The van der Waals surface area contributed by atoms with Crippen LogP contribution in [0.1, 0.15) is 0 Å². The van der Waals surface area contributed by atoms with Crippen LogP contribution in [0, 0.1) is 0 Å². The second-order valence-electron chi connectivity index (χ2n) is 19.1. The Labute approximate surface area is 427 Å². The van der Waals surface area contributed by atoms with Gasteiger partial charge in [0.05, 0.1) is 22.1 Å². The molecule has 0 aliphatic carbocycles. The zero-order chi connectivity index (χ0) is 48.4. The molecule has 0 saturated carbocycles. The molecule has 0 radical (unpaired) electrons. The maximum absolute atomic E-state index is 6.24. The Morgan fingerprint density at radius 3 is 1.61 bits per heavy atom. The SMILES string of the molecule is c1ccc2c(c1)ccc1c3cc(-c4cccc5c4sc4ccccc45)ccc3n(-c3ccc(-c4nc(-c5ccc(-n6c7ccccc7c7ccccc76)cc5)nc(-c5ccc6oc7ccccc7c6c5)n4)cc3)c21. The van der Waals surface area contributed by atoms with Gasteiger partial charge in [0.2, 0.25) is 0 Å². The third-order valence-corrected chi connectivity index (χ3v) is 16.2. The van der Waals surface area contributed by atoms with Crippen LogP contribution in [-0.2, 0) is 0 Å². The van der Waals surface area contributed by atoms with E-state index < -0.39 is 0 Å². The lowest BCUT2D eigenvalue weighted by atomic mass is 10.00. The van der Waals surface area contributed by atoms with E-state index in [1.165, 1.54) is 69.1 Å². The molecule has 74 heavy (non-hydrogen) atoms. The van der Waals surface area contributed by atoms with Gasteiger partial charge in [-0.25, -0.2) is 15.0 Å². The normalized spacial score (nSPS) is 12.1. The van der Waals surface area contributed by atoms with Gasteiger partial charge >= 0.3 is 0 Å². The van der Waals surface area contributed by atoms with Gasteiger partial charge in [-0.15, -0.1) is 11.3 Å². The molecule has 5 heterocycles. The van der Waals surface area contributed by atoms with Crippen LogP contribution in [0.3, 0.4) is 0 Å². The fraction of sp³-hybridized carbons (Fsp3) is 0. The number of nitrogens with zero attached hydrogens (tertiary/aromatic N) is 5. The van der Waals surface area contributed by atoms with Crippen molar-refractivity contribution in [3.05, 3.63) is 237 Å². The average molecular weight is 962 g/mol. The van der Waals surface area contributed by atoms with Crippen molar-refractivity contribution in [2.75, 3.05) is 0 Å². The fourth-order valence-electron chi connectivity index (χ4n) is 11.5. The number of thiophene rings is 1. The number of para-hydroxylation sites is 3. The van der Waals surface area contributed by atoms with E-state index in [0.29, 0.717) is 17.5 Å². The monoisotopic (exact) mass is 961 g/mol. The first-order valence-electron chi connectivity index (χ1n) is 24.9. The molecule has 0 atom stereocenters. The molecule has 16 rings (SSSR count). The van der Waals surface area contributed by atoms with Crippen LogP contribution in [0.5, 0.6) is 0 Å². The molecule has 6 nitrogen and oxygen atoms in total. The first-order valence-corrected chi connectivity index (χ1v) is 25.7. The molecule has 16 aromatic rings. The predicted octanol–water partition coefficient (Wildman–Crippen LogP) is 18.2. The Kier molecular flexibility index (Phi) is 8.81. The Morgan fingerprint density at radius 2 is 0.865 bits per heavy atom. The molecule has 0 bridgehead atoms. The smallest absolute Gasteiger partial charge is 0.164 e. The summed E-state index contributed by atoms with van der Waals surface area (Å²) in [7, 11) is 0. The van der Waals surface area contributed by atoms with Crippen LogP contribution in [0.15, 0.2) is 241 Å². The molecule has 0 amide bonds. The lowest BCUT2D eigenvalue weighted by Crippen LogP contribution is -2.01. The minimum atomic E-state index is 0.587. The number of fused-ring (bicyclic) bond motifs is 14. The fourth-order valence-corrected chi connectivity index (χ4v) is 12.8. The second kappa shape index (κ2) is 15.9. The molecule has 0 aliphatic rings. The van der Waals surface area contributed by atoms with Gasteiger partial charge in [0, 0.05) is 85.9 Å². The van der Waals surface area contributed by atoms with Crippen molar-refractivity contribution in [3.63, 3.8) is 0 Å². The van der Waals surface area contributed by atoms with E-state index in [2.05, 4.69) is 215 Å². The van der Waals surface area contributed by atoms with Gasteiger partial charge in [-0.05, 0) is 120 Å². The van der Waals surface area contributed by atoms with Crippen LogP contribution in [0.4, 0.5) is 0 Å². The average Bonchev–Trinajstić information content (AvgIpc) is 4.23.